The lowest BCUT2D eigenvalue weighted by atomic mass is 10.3. The summed E-state index contributed by atoms with van der Waals surface area (Å²) in [5, 5.41) is 19.9. The van der Waals surface area contributed by atoms with E-state index in [0.717, 1.165) is 5.69 Å². The highest BCUT2D eigenvalue weighted by Gasteiger charge is 2.09. The van der Waals surface area contributed by atoms with Crippen LogP contribution in [0, 0.1) is 6.92 Å². The molecule has 0 unspecified atom stereocenters. The Morgan fingerprint density at radius 2 is 1.90 bits per heavy atom. The number of hydrogen-bond acceptors (Lipinski definition) is 7. The number of aromatic hydroxyl groups is 1. The van der Waals surface area contributed by atoms with E-state index in [9.17, 15) is 9.90 Å². The van der Waals surface area contributed by atoms with E-state index >= 15 is 0 Å². The molecule has 0 radical (unpaired) electrons. The number of carbonyl (C=O) groups excluding carboxylic acids is 1. The SMILES string of the molecule is CNC(=O)c1cc(Oc2ccc(Nc3cc4nc(C)cc(O)n4n3)cc2)ccn1. The Balaban J connectivity index is 1.48. The van der Waals surface area contributed by atoms with E-state index in [1.165, 1.54) is 10.7 Å². The van der Waals surface area contributed by atoms with E-state index in [0.29, 0.717) is 28.7 Å². The number of nitrogens with one attached hydrogen (secondary N) is 2. The summed E-state index contributed by atoms with van der Waals surface area (Å²) in [7, 11) is 1.55. The molecule has 0 aliphatic rings. The van der Waals surface area contributed by atoms with Gasteiger partial charge < -0.3 is 20.5 Å². The molecule has 3 heterocycles. The highest BCUT2D eigenvalue weighted by molar-refractivity contribution is 5.92. The van der Waals surface area contributed by atoms with Gasteiger partial charge in [0.05, 0.1) is 0 Å². The molecule has 0 saturated heterocycles. The molecule has 9 nitrogen and oxygen atoms in total. The van der Waals surface area contributed by atoms with Gasteiger partial charge in [-0.15, -0.1) is 5.10 Å². The highest BCUT2D eigenvalue weighted by atomic mass is 16.5. The molecule has 1 aromatic carbocycles. The highest BCUT2D eigenvalue weighted by Crippen LogP contribution is 2.25. The number of hydrogen-bond donors (Lipinski definition) is 3. The molecule has 3 N–H and O–H groups in total. The standard InChI is InChI=1S/C20H18N6O3/c1-12-9-19(27)26-18(23-12)11-17(25-26)24-13-3-5-14(6-4-13)29-15-7-8-22-16(10-15)20(28)21-2/h3-11,27H,1-2H3,(H,21,28)(H,24,25). The maximum atomic E-state index is 11.7. The third-order valence-electron chi connectivity index (χ3n) is 4.09. The summed E-state index contributed by atoms with van der Waals surface area (Å²) < 4.78 is 7.15. The van der Waals surface area contributed by atoms with Gasteiger partial charge in [0.15, 0.2) is 11.5 Å². The van der Waals surface area contributed by atoms with Gasteiger partial charge in [-0.05, 0) is 37.3 Å². The van der Waals surface area contributed by atoms with Crippen LogP contribution >= 0.6 is 0 Å². The van der Waals surface area contributed by atoms with Crippen LogP contribution in [0.4, 0.5) is 11.5 Å². The maximum Gasteiger partial charge on any atom is 0.269 e. The second kappa shape index (κ2) is 7.47. The average molecular weight is 390 g/mol. The summed E-state index contributed by atoms with van der Waals surface area (Å²) in [6.07, 6.45) is 1.52. The Labute approximate surface area is 166 Å². The summed E-state index contributed by atoms with van der Waals surface area (Å²) in [6, 6.07) is 13.8. The normalized spacial score (nSPS) is 10.7. The van der Waals surface area contributed by atoms with Crippen molar-refractivity contribution >= 4 is 23.1 Å². The van der Waals surface area contributed by atoms with Gasteiger partial charge in [0, 0.05) is 42.8 Å². The molecule has 0 spiro atoms. The van der Waals surface area contributed by atoms with Crippen LogP contribution in [-0.4, -0.2) is 37.6 Å². The molecule has 0 atom stereocenters. The van der Waals surface area contributed by atoms with Crippen LogP contribution in [0.15, 0.2) is 54.7 Å². The monoisotopic (exact) mass is 390 g/mol. The quantitative estimate of drug-likeness (QED) is 0.480. The van der Waals surface area contributed by atoms with Crippen molar-refractivity contribution in [2.24, 2.45) is 0 Å². The fraction of sp³-hybridized carbons (Fsp3) is 0.100. The molecule has 0 aliphatic heterocycles. The summed E-state index contributed by atoms with van der Waals surface area (Å²) in [5.74, 6) is 1.42. The Morgan fingerprint density at radius 3 is 2.66 bits per heavy atom. The third-order valence-corrected chi connectivity index (χ3v) is 4.09. The Hall–Kier alpha value is -4.14. The number of pyridine rings is 1. The number of aromatic nitrogens is 4. The van der Waals surface area contributed by atoms with E-state index < -0.39 is 0 Å². The van der Waals surface area contributed by atoms with Crippen molar-refractivity contribution in [2.75, 3.05) is 12.4 Å². The number of nitrogens with zero attached hydrogens (tertiary/aromatic N) is 4. The third kappa shape index (κ3) is 3.93. The molecule has 146 valence electrons. The van der Waals surface area contributed by atoms with E-state index in [1.807, 2.05) is 12.1 Å². The van der Waals surface area contributed by atoms with Gasteiger partial charge >= 0.3 is 0 Å². The molecule has 4 aromatic rings. The minimum absolute atomic E-state index is 0.0257. The van der Waals surface area contributed by atoms with E-state index in [2.05, 4.69) is 25.7 Å². The summed E-state index contributed by atoms with van der Waals surface area (Å²) >= 11 is 0. The zero-order chi connectivity index (χ0) is 20.4. The molecule has 9 heteroatoms. The van der Waals surface area contributed by atoms with Gasteiger partial charge in [0.2, 0.25) is 5.88 Å². The minimum Gasteiger partial charge on any atom is -0.493 e. The first kappa shape index (κ1) is 18.2. The number of benzene rings is 1. The first-order valence-electron chi connectivity index (χ1n) is 8.81. The van der Waals surface area contributed by atoms with Crippen molar-refractivity contribution in [3.63, 3.8) is 0 Å². The van der Waals surface area contributed by atoms with Gasteiger partial charge in [0.25, 0.3) is 5.91 Å². The van der Waals surface area contributed by atoms with Crippen LogP contribution in [0.5, 0.6) is 17.4 Å². The van der Waals surface area contributed by atoms with Crippen LogP contribution < -0.4 is 15.4 Å². The van der Waals surface area contributed by atoms with Crippen LogP contribution in [0.1, 0.15) is 16.2 Å². The molecule has 0 bridgehead atoms. The molecule has 29 heavy (non-hydrogen) atoms. The second-order valence-electron chi connectivity index (χ2n) is 6.26. The van der Waals surface area contributed by atoms with Crippen molar-refractivity contribution in [1.29, 1.82) is 0 Å². The molecular weight excluding hydrogens is 372 g/mol. The Bertz CT molecular complexity index is 1190. The molecule has 1 amide bonds. The average Bonchev–Trinajstić information content (AvgIpc) is 3.11. The van der Waals surface area contributed by atoms with Crippen molar-refractivity contribution in [2.45, 2.75) is 6.92 Å². The number of ether oxygens (including phenoxy) is 1. The predicted molar refractivity (Wildman–Crippen MR) is 107 cm³/mol. The molecular formula is C20H18N6O3. The predicted octanol–water partition coefficient (Wildman–Crippen LogP) is 3.03. The molecule has 3 aromatic heterocycles. The number of rotatable bonds is 5. The molecule has 0 aliphatic carbocycles. The van der Waals surface area contributed by atoms with E-state index in [-0.39, 0.29) is 17.5 Å². The van der Waals surface area contributed by atoms with Crippen LogP contribution in [0.2, 0.25) is 0 Å². The van der Waals surface area contributed by atoms with Crippen molar-refractivity contribution in [3.05, 3.63) is 66.1 Å². The lowest BCUT2D eigenvalue weighted by Gasteiger charge is -2.08. The summed E-state index contributed by atoms with van der Waals surface area (Å²) in [5.41, 5.74) is 2.33. The second-order valence-corrected chi connectivity index (χ2v) is 6.26. The van der Waals surface area contributed by atoms with Crippen LogP contribution in [0.3, 0.4) is 0 Å². The van der Waals surface area contributed by atoms with Gasteiger partial charge in [0.1, 0.15) is 17.2 Å². The van der Waals surface area contributed by atoms with E-state index in [4.69, 9.17) is 4.74 Å². The van der Waals surface area contributed by atoms with Crippen LogP contribution in [-0.2, 0) is 0 Å². The van der Waals surface area contributed by atoms with Gasteiger partial charge in [-0.25, -0.2) is 4.98 Å². The van der Waals surface area contributed by atoms with Gasteiger partial charge in [-0.1, -0.05) is 0 Å². The zero-order valence-electron chi connectivity index (χ0n) is 15.7. The van der Waals surface area contributed by atoms with Crippen molar-refractivity contribution < 1.29 is 14.6 Å². The molecule has 0 fully saturated rings. The topological polar surface area (TPSA) is 114 Å². The van der Waals surface area contributed by atoms with Gasteiger partial charge in [-0.2, -0.15) is 4.52 Å². The van der Waals surface area contributed by atoms with E-state index in [1.54, 1.807) is 50.4 Å². The lowest BCUT2D eigenvalue weighted by Crippen LogP contribution is -2.18. The number of fused-ring (bicyclic) bond motifs is 1. The van der Waals surface area contributed by atoms with Gasteiger partial charge in [-0.3, -0.25) is 9.78 Å². The lowest BCUT2D eigenvalue weighted by molar-refractivity contribution is 0.0958. The van der Waals surface area contributed by atoms with Crippen molar-refractivity contribution in [3.8, 4) is 17.4 Å². The first-order chi connectivity index (χ1) is 14.0. The number of amides is 1. The Morgan fingerprint density at radius 1 is 1.10 bits per heavy atom. The summed E-state index contributed by atoms with van der Waals surface area (Å²) in [4.78, 5) is 20.0. The Kier molecular flexibility index (Phi) is 4.70. The van der Waals surface area contributed by atoms with Crippen LogP contribution in [0.25, 0.3) is 5.65 Å². The molecule has 4 rings (SSSR count). The fourth-order valence-corrected chi connectivity index (χ4v) is 2.76. The fourth-order valence-electron chi connectivity index (χ4n) is 2.76. The summed E-state index contributed by atoms with van der Waals surface area (Å²) in [6.45, 7) is 1.80. The maximum absolute atomic E-state index is 11.7. The number of anilines is 2. The number of aryl methyl sites for hydroxylation is 1. The van der Waals surface area contributed by atoms with Crippen molar-refractivity contribution in [1.82, 2.24) is 24.9 Å². The largest absolute Gasteiger partial charge is 0.493 e. The molecule has 0 saturated carbocycles. The number of carbonyl (C=O) groups is 1. The first-order valence-corrected chi connectivity index (χ1v) is 8.81. The minimum atomic E-state index is -0.279. The smallest absolute Gasteiger partial charge is 0.269 e. The zero-order valence-corrected chi connectivity index (χ0v) is 15.7.